The molecular formula is C18H18BFP. The van der Waals surface area contributed by atoms with Gasteiger partial charge >= 0.3 is 0 Å². The lowest BCUT2D eigenvalue weighted by atomic mass is 10.2. The standard InChI is InChI=1S/C18H18FP.B/c1-15(2)20(18-12-10-17(19)11-13-18)14-6-9-16-7-4-3-5-8-16;/h3-5,7-15H,1-2H3;. The second-order valence-electron chi connectivity index (χ2n) is 4.83. The zero-order chi connectivity index (χ0) is 14.4. The van der Waals surface area contributed by atoms with E-state index >= 15 is 0 Å². The molecule has 2 aromatic carbocycles. The molecule has 0 aromatic heterocycles. The van der Waals surface area contributed by atoms with Crippen molar-refractivity contribution in [3.63, 3.8) is 0 Å². The molecule has 0 saturated carbocycles. The molecule has 21 heavy (non-hydrogen) atoms. The predicted octanol–water partition coefficient (Wildman–Crippen LogP) is 4.79. The Hall–Kier alpha value is -1.62. The minimum atomic E-state index is -0.457. The Balaban J connectivity index is 0.00000220. The average molecular weight is 295 g/mol. The van der Waals surface area contributed by atoms with Crippen LogP contribution in [0.5, 0.6) is 0 Å². The van der Waals surface area contributed by atoms with Crippen LogP contribution in [-0.2, 0) is 0 Å². The molecule has 0 aliphatic rings. The van der Waals surface area contributed by atoms with Crippen molar-refractivity contribution in [2.45, 2.75) is 19.5 Å². The van der Waals surface area contributed by atoms with Crippen molar-refractivity contribution in [3.05, 3.63) is 77.5 Å². The molecule has 1 atom stereocenters. The van der Waals surface area contributed by atoms with Crippen molar-refractivity contribution >= 4 is 27.7 Å². The van der Waals surface area contributed by atoms with E-state index in [0.29, 0.717) is 5.66 Å². The normalized spacial score (nSPS) is 11.2. The zero-order valence-corrected chi connectivity index (χ0v) is 13.2. The van der Waals surface area contributed by atoms with Crippen LogP contribution >= 0.6 is 7.92 Å². The van der Waals surface area contributed by atoms with Gasteiger partial charge in [0.05, 0.1) is 0 Å². The molecule has 0 saturated heterocycles. The summed E-state index contributed by atoms with van der Waals surface area (Å²) in [6.45, 7) is 4.38. The van der Waals surface area contributed by atoms with E-state index < -0.39 is 7.92 Å². The van der Waals surface area contributed by atoms with Crippen LogP contribution in [0.15, 0.2) is 66.1 Å². The van der Waals surface area contributed by atoms with Crippen LogP contribution in [0.3, 0.4) is 0 Å². The van der Waals surface area contributed by atoms with Crippen molar-refractivity contribution < 1.29 is 4.39 Å². The molecule has 2 rings (SSSR count). The molecule has 0 N–H and O–H groups in total. The minimum absolute atomic E-state index is 0. The summed E-state index contributed by atoms with van der Waals surface area (Å²) in [5.74, 6) is 1.94. The summed E-state index contributed by atoms with van der Waals surface area (Å²) in [6, 6.07) is 16.9. The first-order valence-corrected chi connectivity index (χ1v) is 8.16. The number of hydrogen-bond donors (Lipinski definition) is 0. The average Bonchev–Trinajstić information content (AvgIpc) is 2.46. The predicted molar refractivity (Wildman–Crippen MR) is 92.8 cm³/mol. The fourth-order valence-corrected chi connectivity index (χ4v) is 3.67. The van der Waals surface area contributed by atoms with Crippen LogP contribution in [0.2, 0.25) is 0 Å². The Labute approximate surface area is 129 Å². The lowest BCUT2D eigenvalue weighted by molar-refractivity contribution is 0.628. The Morgan fingerprint density at radius 3 is 2.19 bits per heavy atom. The Bertz CT molecular complexity index is 599. The van der Waals surface area contributed by atoms with Gasteiger partial charge in [0.25, 0.3) is 0 Å². The van der Waals surface area contributed by atoms with E-state index in [9.17, 15) is 4.39 Å². The van der Waals surface area contributed by atoms with Crippen molar-refractivity contribution in [2.75, 3.05) is 0 Å². The van der Waals surface area contributed by atoms with E-state index in [1.54, 1.807) is 0 Å². The second kappa shape index (κ2) is 8.62. The SMILES string of the molecule is CC(C)P(C=C=Cc1ccccc1)c1ccc(F)cc1.[B]. The minimum Gasteiger partial charge on any atom is -0.207 e. The van der Waals surface area contributed by atoms with E-state index in [1.165, 1.54) is 17.4 Å². The summed E-state index contributed by atoms with van der Waals surface area (Å²) in [7, 11) is -0.457. The highest BCUT2D eigenvalue weighted by Gasteiger charge is 2.11. The maximum absolute atomic E-state index is 13.0. The first-order chi connectivity index (χ1) is 9.66. The van der Waals surface area contributed by atoms with E-state index in [0.717, 1.165) is 5.56 Å². The summed E-state index contributed by atoms with van der Waals surface area (Å²) >= 11 is 0. The maximum Gasteiger partial charge on any atom is 0.123 e. The molecule has 0 bridgehead atoms. The molecule has 0 nitrogen and oxygen atoms in total. The third kappa shape index (κ3) is 5.35. The molecule has 1 unspecified atom stereocenters. The Morgan fingerprint density at radius 1 is 1.00 bits per heavy atom. The largest absolute Gasteiger partial charge is 0.207 e. The second-order valence-corrected chi connectivity index (χ2v) is 7.45. The first kappa shape index (κ1) is 17.4. The molecule has 0 heterocycles. The first-order valence-electron chi connectivity index (χ1n) is 6.68. The molecule has 2 aromatic rings. The number of halogens is 1. The number of hydrogen-bond acceptors (Lipinski definition) is 0. The molecule has 105 valence electrons. The van der Waals surface area contributed by atoms with Gasteiger partial charge < -0.3 is 0 Å². The van der Waals surface area contributed by atoms with Crippen LogP contribution < -0.4 is 5.30 Å². The van der Waals surface area contributed by atoms with Crippen molar-refractivity contribution in [2.24, 2.45) is 0 Å². The molecule has 0 spiro atoms. The van der Waals surface area contributed by atoms with Crippen LogP contribution in [-0.4, -0.2) is 14.1 Å². The fraction of sp³-hybridized carbons (Fsp3) is 0.167. The van der Waals surface area contributed by atoms with Gasteiger partial charge in [-0.25, -0.2) is 4.39 Å². The van der Waals surface area contributed by atoms with Crippen LogP contribution in [0.1, 0.15) is 19.4 Å². The third-order valence-corrected chi connectivity index (χ3v) is 5.38. The van der Waals surface area contributed by atoms with Gasteiger partial charge in [-0.05, 0) is 48.5 Å². The summed E-state index contributed by atoms with van der Waals surface area (Å²) in [5.41, 5.74) is 4.93. The van der Waals surface area contributed by atoms with Gasteiger partial charge in [-0.2, -0.15) is 0 Å². The van der Waals surface area contributed by atoms with Crippen molar-refractivity contribution in [1.29, 1.82) is 0 Å². The van der Waals surface area contributed by atoms with Gasteiger partial charge in [-0.15, -0.1) is 5.73 Å². The van der Waals surface area contributed by atoms with E-state index in [2.05, 4.69) is 37.5 Å². The smallest absolute Gasteiger partial charge is 0.123 e. The lowest BCUT2D eigenvalue weighted by Gasteiger charge is -2.16. The molecule has 3 heteroatoms. The third-order valence-electron chi connectivity index (χ3n) is 2.94. The Morgan fingerprint density at radius 2 is 1.62 bits per heavy atom. The topological polar surface area (TPSA) is 0 Å². The summed E-state index contributed by atoms with van der Waals surface area (Å²) in [4.78, 5) is 0. The summed E-state index contributed by atoms with van der Waals surface area (Å²) in [6.07, 6.45) is 1.99. The molecule has 0 amide bonds. The van der Waals surface area contributed by atoms with Gasteiger partial charge in [-0.1, -0.05) is 56.3 Å². The molecule has 0 aliphatic heterocycles. The van der Waals surface area contributed by atoms with Gasteiger partial charge in [0.15, 0.2) is 0 Å². The molecule has 0 aliphatic carbocycles. The fourth-order valence-electron chi connectivity index (χ4n) is 1.90. The van der Waals surface area contributed by atoms with Gasteiger partial charge in [0, 0.05) is 8.41 Å². The highest BCUT2D eigenvalue weighted by Crippen LogP contribution is 2.41. The lowest BCUT2D eigenvalue weighted by Crippen LogP contribution is -2.05. The Kier molecular flexibility index (Phi) is 7.16. The van der Waals surface area contributed by atoms with E-state index in [4.69, 9.17) is 0 Å². The number of rotatable bonds is 4. The highest BCUT2D eigenvalue weighted by atomic mass is 31.1. The van der Waals surface area contributed by atoms with Gasteiger partial charge in [0.1, 0.15) is 5.82 Å². The molecule has 0 fully saturated rings. The van der Waals surface area contributed by atoms with Crippen molar-refractivity contribution in [1.82, 2.24) is 0 Å². The number of benzene rings is 2. The maximum atomic E-state index is 13.0. The van der Waals surface area contributed by atoms with Crippen molar-refractivity contribution in [3.8, 4) is 0 Å². The molecule has 3 radical (unpaired) electrons. The monoisotopic (exact) mass is 295 g/mol. The van der Waals surface area contributed by atoms with Crippen LogP contribution in [0.4, 0.5) is 4.39 Å². The molecular weight excluding hydrogens is 277 g/mol. The van der Waals surface area contributed by atoms with E-state index in [-0.39, 0.29) is 14.2 Å². The zero-order valence-electron chi connectivity index (χ0n) is 12.3. The summed E-state index contributed by atoms with van der Waals surface area (Å²) < 4.78 is 13.0. The quantitative estimate of drug-likeness (QED) is 0.432. The highest BCUT2D eigenvalue weighted by molar-refractivity contribution is 7.69. The van der Waals surface area contributed by atoms with E-state index in [1.807, 2.05) is 36.4 Å². The summed E-state index contributed by atoms with van der Waals surface area (Å²) in [5, 5.41) is 1.19. The van der Waals surface area contributed by atoms with Crippen LogP contribution in [0.25, 0.3) is 6.08 Å². The van der Waals surface area contributed by atoms with Gasteiger partial charge in [0.2, 0.25) is 0 Å². The van der Waals surface area contributed by atoms with Crippen LogP contribution in [0, 0.1) is 5.82 Å². The van der Waals surface area contributed by atoms with Gasteiger partial charge in [-0.3, -0.25) is 0 Å².